The van der Waals surface area contributed by atoms with Crippen LogP contribution < -0.4 is 11.1 Å². The number of nitrogen functional groups attached to an aromatic ring is 1. The zero-order chi connectivity index (χ0) is 16.1. The van der Waals surface area contributed by atoms with Crippen molar-refractivity contribution in [1.82, 2.24) is 10.3 Å². The highest BCUT2D eigenvalue weighted by Crippen LogP contribution is 2.23. The van der Waals surface area contributed by atoms with Crippen LogP contribution in [0.15, 0.2) is 60.0 Å². The Morgan fingerprint density at radius 3 is 2.57 bits per heavy atom. The molecule has 1 amide bonds. The van der Waals surface area contributed by atoms with Crippen molar-refractivity contribution < 1.29 is 4.79 Å². The van der Waals surface area contributed by atoms with Crippen molar-refractivity contribution in [2.75, 3.05) is 5.73 Å². The van der Waals surface area contributed by atoms with Crippen molar-refractivity contribution in [2.45, 2.75) is 13.0 Å². The zero-order valence-corrected chi connectivity index (χ0v) is 13.3. The molecule has 4 nitrogen and oxygen atoms in total. The Morgan fingerprint density at radius 1 is 1.09 bits per heavy atom. The summed E-state index contributed by atoms with van der Waals surface area (Å²) in [5, 5.41) is 5.69. The number of carbonyl (C=O) groups excluding carboxylic acids is 1. The third-order valence-electron chi connectivity index (χ3n) is 3.40. The minimum Gasteiger partial charge on any atom is -0.399 e. The van der Waals surface area contributed by atoms with E-state index in [-0.39, 0.29) is 5.91 Å². The van der Waals surface area contributed by atoms with Crippen LogP contribution in [0.4, 0.5) is 5.69 Å². The molecule has 0 radical (unpaired) electrons. The van der Waals surface area contributed by atoms with E-state index in [0.717, 1.165) is 27.5 Å². The van der Waals surface area contributed by atoms with Gasteiger partial charge < -0.3 is 11.1 Å². The Hall–Kier alpha value is -2.66. The second-order valence-corrected chi connectivity index (χ2v) is 6.13. The number of anilines is 1. The normalized spacial score (nSPS) is 10.4. The van der Waals surface area contributed by atoms with Gasteiger partial charge in [0.05, 0.1) is 12.1 Å². The van der Waals surface area contributed by atoms with Crippen LogP contribution in [0.25, 0.3) is 11.3 Å². The number of carbonyl (C=O) groups is 1. The van der Waals surface area contributed by atoms with Gasteiger partial charge in [0.15, 0.2) is 0 Å². The van der Waals surface area contributed by atoms with E-state index in [4.69, 9.17) is 5.73 Å². The smallest absolute Gasteiger partial charge is 0.227 e. The number of hydrogen-bond donors (Lipinski definition) is 2. The van der Waals surface area contributed by atoms with Crippen molar-refractivity contribution in [1.29, 1.82) is 0 Å². The van der Waals surface area contributed by atoms with Crippen LogP contribution >= 0.6 is 11.3 Å². The standard InChI is InChI=1S/C18H17N3OS/c19-15-8-6-14(7-9-15)16-12-23-18(21-16)10-17(22)20-11-13-4-2-1-3-5-13/h1-9,12H,10-11,19H2,(H,20,22). The average molecular weight is 323 g/mol. The molecule has 0 saturated heterocycles. The summed E-state index contributed by atoms with van der Waals surface area (Å²) in [6, 6.07) is 17.4. The molecule has 3 rings (SSSR count). The van der Waals surface area contributed by atoms with E-state index >= 15 is 0 Å². The fourth-order valence-corrected chi connectivity index (χ4v) is 2.98. The number of amides is 1. The molecular weight excluding hydrogens is 306 g/mol. The molecule has 0 spiro atoms. The number of aromatic nitrogens is 1. The Morgan fingerprint density at radius 2 is 1.83 bits per heavy atom. The summed E-state index contributed by atoms with van der Waals surface area (Å²) >= 11 is 1.50. The van der Waals surface area contributed by atoms with E-state index in [1.807, 2.05) is 60.0 Å². The summed E-state index contributed by atoms with van der Waals surface area (Å²) in [7, 11) is 0. The predicted molar refractivity (Wildman–Crippen MR) is 94.0 cm³/mol. The minimum atomic E-state index is -0.0212. The highest BCUT2D eigenvalue weighted by molar-refractivity contribution is 7.10. The fourth-order valence-electron chi connectivity index (χ4n) is 2.17. The third-order valence-corrected chi connectivity index (χ3v) is 4.25. The molecule has 23 heavy (non-hydrogen) atoms. The van der Waals surface area contributed by atoms with E-state index in [2.05, 4.69) is 10.3 Å². The van der Waals surface area contributed by atoms with Gasteiger partial charge in [0.1, 0.15) is 5.01 Å². The van der Waals surface area contributed by atoms with Crippen molar-refractivity contribution >= 4 is 22.9 Å². The molecule has 0 unspecified atom stereocenters. The zero-order valence-electron chi connectivity index (χ0n) is 12.5. The molecule has 3 aromatic rings. The molecule has 0 fully saturated rings. The fraction of sp³-hybridized carbons (Fsp3) is 0.111. The summed E-state index contributed by atoms with van der Waals surface area (Å²) in [5.74, 6) is -0.0212. The molecule has 0 atom stereocenters. The van der Waals surface area contributed by atoms with E-state index in [1.54, 1.807) is 0 Å². The van der Waals surface area contributed by atoms with Gasteiger partial charge in [-0.15, -0.1) is 11.3 Å². The maximum Gasteiger partial charge on any atom is 0.227 e. The molecule has 3 N–H and O–H groups in total. The van der Waals surface area contributed by atoms with Gasteiger partial charge in [0, 0.05) is 23.2 Å². The maximum atomic E-state index is 12.0. The van der Waals surface area contributed by atoms with Crippen LogP contribution in [0.2, 0.25) is 0 Å². The third kappa shape index (κ3) is 4.17. The average Bonchev–Trinajstić information content (AvgIpc) is 3.03. The Balaban J connectivity index is 1.58. The lowest BCUT2D eigenvalue weighted by Gasteiger charge is -2.03. The molecule has 0 bridgehead atoms. The Labute approximate surface area is 139 Å². The van der Waals surface area contributed by atoms with E-state index in [9.17, 15) is 4.79 Å². The second kappa shape index (κ2) is 7.07. The molecule has 116 valence electrons. The topological polar surface area (TPSA) is 68.0 Å². The van der Waals surface area contributed by atoms with E-state index in [1.165, 1.54) is 11.3 Å². The van der Waals surface area contributed by atoms with Crippen LogP contribution in [-0.2, 0) is 17.8 Å². The molecule has 0 saturated carbocycles. The minimum absolute atomic E-state index is 0.0212. The summed E-state index contributed by atoms with van der Waals surface area (Å²) in [6.45, 7) is 0.538. The van der Waals surface area contributed by atoms with Gasteiger partial charge in [-0.05, 0) is 17.7 Å². The molecule has 0 aliphatic heterocycles. The summed E-state index contributed by atoms with van der Waals surface area (Å²) < 4.78 is 0. The van der Waals surface area contributed by atoms with Gasteiger partial charge in [-0.1, -0.05) is 42.5 Å². The van der Waals surface area contributed by atoms with Crippen molar-refractivity contribution in [3.05, 3.63) is 70.5 Å². The number of thiazole rings is 1. The number of nitrogens with zero attached hydrogens (tertiary/aromatic N) is 1. The van der Waals surface area contributed by atoms with Crippen LogP contribution in [0, 0.1) is 0 Å². The second-order valence-electron chi connectivity index (χ2n) is 5.19. The molecule has 5 heteroatoms. The predicted octanol–water partition coefficient (Wildman–Crippen LogP) is 3.25. The number of nitrogens with two attached hydrogens (primary N) is 1. The largest absolute Gasteiger partial charge is 0.399 e. The summed E-state index contributed by atoms with van der Waals surface area (Å²) in [4.78, 5) is 16.5. The summed E-state index contributed by atoms with van der Waals surface area (Å²) in [5.41, 5.74) is 9.38. The van der Waals surface area contributed by atoms with Gasteiger partial charge in [0.2, 0.25) is 5.91 Å². The molecule has 0 aliphatic carbocycles. The van der Waals surface area contributed by atoms with Crippen molar-refractivity contribution in [3.8, 4) is 11.3 Å². The van der Waals surface area contributed by atoms with Gasteiger partial charge in [0.25, 0.3) is 0 Å². The number of benzene rings is 2. The number of hydrogen-bond acceptors (Lipinski definition) is 4. The quantitative estimate of drug-likeness (QED) is 0.708. The lowest BCUT2D eigenvalue weighted by molar-refractivity contribution is -0.120. The van der Waals surface area contributed by atoms with Gasteiger partial charge in [-0.2, -0.15) is 0 Å². The van der Waals surface area contributed by atoms with Crippen LogP contribution in [0.3, 0.4) is 0 Å². The van der Waals surface area contributed by atoms with Crippen LogP contribution in [0.5, 0.6) is 0 Å². The monoisotopic (exact) mass is 323 g/mol. The Bertz CT molecular complexity index is 782. The first-order chi connectivity index (χ1) is 11.2. The highest BCUT2D eigenvalue weighted by Gasteiger charge is 2.09. The lowest BCUT2D eigenvalue weighted by Crippen LogP contribution is -2.24. The number of nitrogens with one attached hydrogen (secondary N) is 1. The van der Waals surface area contributed by atoms with Crippen molar-refractivity contribution in [2.24, 2.45) is 0 Å². The SMILES string of the molecule is Nc1ccc(-c2csc(CC(=O)NCc3ccccc3)n2)cc1. The summed E-state index contributed by atoms with van der Waals surface area (Å²) in [6.07, 6.45) is 0.298. The van der Waals surface area contributed by atoms with Crippen LogP contribution in [0.1, 0.15) is 10.6 Å². The Kier molecular flexibility index (Phi) is 4.68. The first-order valence-electron chi connectivity index (χ1n) is 7.31. The van der Waals surface area contributed by atoms with Crippen LogP contribution in [-0.4, -0.2) is 10.9 Å². The molecule has 2 aromatic carbocycles. The van der Waals surface area contributed by atoms with Gasteiger partial charge in [-0.3, -0.25) is 4.79 Å². The molecular formula is C18H17N3OS. The molecule has 0 aliphatic rings. The lowest BCUT2D eigenvalue weighted by atomic mass is 10.1. The highest BCUT2D eigenvalue weighted by atomic mass is 32.1. The van der Waals surface area contributed by atoms with E-state index < -0.39 is 0 Å². The van der Waals surface area contributed by atoms with Gasteiger partial charge >= 0.3 is 0 Å². The maximum absolute atomic E-state index is 12.0. The van der Waals surface area contributed by atoms with Gasteiger partial charge in [-0.25, -0.2) is 4.98 Å². The first kappa shape index (κ1) is 15.2. The molecule has 1 aromatic heterocycles. The number of rotatable bonds is 5. The first-order valence-corrected chi connectivity index (χ1v) is 8.19. The van der Waals surface area contributed by atoms with E-state index in [0.29, 0.717) is 13.0 Å². The van der Waals surface area contributed by atoms with Crippen molar-refractivity contribution in [3.63, 3.8) is 0 Å². The molecule has 1 heterocycles.